The molecule has 3 N–H and O–H groups in total. The molecule has 0 spiro atoms. The van der Waals surface area contributed by atoms with E-state index < -0.39 is 37.8 Å². The number of fused-ring (bicyclic) bond motifs is 1. The van der Waals surface area contributed by atoms with Crippen LogP contribution in [0.15, 0.2) is 17.1 Å². The third-order valence-electron chi connectivity index (χ3n) is 3.22. The highest BCUT2D eigenvalue weighted by atomic mass is 31.2. The van der Waals surface area contributed by atoms with Gasteiger partial charge in [-0.25, -0.2) is 4.79 Å². The average molecular weight is 303 g/mol. The second-order valence-electron chi connectivity index (χ2n) is 4.74. The van der Waals surface area contributed by atoms with Crippen molar-refractivity contribution in [2.24, 2.45) is 0 Å². The third kappa shape index (κ3) is 2.27. The zero-order valence-corrected chi connectivity index (χ0v) is 11.5. The molecule has 10 heteroatoms. The van der Waals surface area contributed by atoms with Crippen molar-refractivity contribution in [3.8, 4) is 0 Å². The van der Waals surface area contributed by atoms with E-state index in [4.69, 9.17) is 19.5 Å². The molecule has 1 unspecified atom stereocenters. The van der Waals surface area contributed by atoms with Crippen LogP contribution in [-0.4, -0.2) is 46.2 Å². The second kappa shape index (κ2) is 4.64. The lowest BCUT2D eigenvalue weighted by Gasteiger charge is -2.29. The van der Waals surface area contributed by atoms with Gasteiger partial charge in [0.2, 0.25) is 0 Å². The second-order valence-corrected chi connectivity index (χ2v) is 6.75. The van der Waals surface area contributed by atoms with Crippen LogP contribution in [0, 0.1) is 0 Å². The molecule has 2 aliphatic heterocycles. The summed E-state index contributed by atoms with van der Waals surface area (Å²) in [6.45, 7) is 1.35. The Labute approximate surface area is 113 Å². The lowest BCUT2D eigenvalue weighted by molar-refractivity contribution is -0.0606. The van der Waals surface area contributed by atoms with Gasteiger partial charge >= 0.3 is 13.3 Å². The molecule has 3 rings (SSSR count). The zero-order chi connectivity index (χ0) is 14.5. The van der Waals surface area contributed by atoms with Gasteiger partial charge in [-0.3, -0.25) is 13.7 Å². The number of nitrogens with two attached hydrogens (primary N) is 1. The number of nitrogen functional groups attached to an aromatic ring is 1. The van der Waals surface area contributed by atoms with Crippen LogP contribution in [0.1, 0.15) is 6.23 Å². The Kier molecular flexibility index (Phi) is 3.19. The maximum atomic E-state index is 11.8. The number of rotatable bonds is 1. The summed E-state index contributed by atoms with van der Waals surface area (Å²) in [5.74, 6) is 0.0776. The summed E-state index contributed by atoms with van der Waals surface area (Å²) in [6, 6.07) is 1.42. The van der Waals surface area contributed by atoms with Crippen molar-refractivity contribution in [3.63, 3.8) is 0 Å². The van der Waals surface area contributed by atoms with E-state index in [9.17, 15) is 14.5 Å². The Balaban J connectivity index is 1.90. The van der Waals surface area contributed by atoms with Gasteiger partial charge in [0.1, 0.15) is 24.1 Å². The molecule has 0 bridgehead atoms. The minimum absolute atomic E-state index is 0.0309. The summed E-state index contributed by atoms with van der Waals surface area (Å²) in [7, 11) is -3.19. The Bertz CT molecular complexity index is 634. The van der Waals surface area contributed by atoms with Crippen LogP contribution >= 0.6 is 7.60 Å². The van der Waals surface area contributed by atoms with E-state index in [0.717, 1.165) is 4.57 Å². The number of hydrogen-bond donors (Lipinski definition) is 2. The number of anilines is 1. The fraction of sp³-hybridized carbons (Fsp3) is 0.600. The van der Waals surface area contributed by atoms with Gasteiger partial charge in [0.25, 0.3) is 0 Å². The molecule has 2 fully saturated rings. The summed E-state index contributed by atoms with van der Waals surface area (Å²) < 4.78 is 28.7. The van der Waals surface area contributed by atoms with Gasteiger partial charge in [0, 0.05) is 12.9 Å². The first kappa shape index (κ1) is 13.7. The van der Waals surface area contributed by atoms with Gasteiger partial charge in [-0.15, -0.1) is 0 Å². The van der Waals surface area contributed by atoms with E-state index in [2.05, 4.69) is 4.98 Å². The quantitative estimate of drug-likeness (QED) is 0.654. The van der Waals surface area contributed by atoms with Crippen molar-refractivity contribution in [3.05, 3.63) is 22.7 Å². The van der Waals surface area contributed by atoms with E-state index in [0.29, 0.717) is 0 Å². The molecule has 2 saturated heterocycles. The fourth-order valence-corrected chi connectivity index (χ4v) is 3.47. The molecule has 20 heavy (non-hydrogen) atoms. The van der Waals surface area contributed by atoms with Crippen molar-refractivity contribution in [2.75, 3.05) is 19.0 Å². The first-order valence-electron chi connectivity index (χ1n) is 5.96. The van der Waals surface area contributed by atoms with Gasteiger partial charge in [0.05, 0.1) is 6.61 Å². The summed E-state index contributed by atoms with van der Waals surface area (Å²) in [6.07, 6.45) is -2.16. The highest BCUT2D eigenvalue weighted by Gasteiger charge is 2.51. The van der Waals surface area contributed by atoms with Crippen molar-refractivity contribution in [1.82, 2.24) is 9.55 Å². The third-order valence-corrected chi connectivity index (χ3v) is 4.47. The van der Waals surface area contributed by atoms with Gasteiger partial charge in [-0.1, -0.05) is 0 Å². The highest BCUT2D eigenvalue weighted by molar-refractivity contribution is 7.53. The average Bonchev–Trinajstić information content (AvgIpc) is 2.66. The monoisotopic (exact) mass is 303 g/mol. The number of nitrogens with zero attached hydrogens (tertiary/aromatic N) is 2. The van der Waals surface area contributed by atoms with Gasteiger partial charge < -0.3 is 20.1 Å². The van der Waals surface area contributed by atoms with Gasteiger partial charge in [-0.2, -0.15) is 4.98 Å². The number of aromatic nitrogens is 2. The predicted octanol–water partition coefficient (Wildman–Crippen LogP) is -0.678. The molecule has 9 nitrogen and oxygen atoms in total. The molecule has 1 aromatic heterocycles. The topological polar surface area (TPSA) is 126 Å². The first-order chi connectivity index (χ1) is 9.37. The molecule has 0 amide bonds. The molecule has 110 valence electrons. The Morgan fingerprint density at radius 3 is 3.05 bits per heavy atom. The minimum atomic E-state index is -3.19. The van der Waals surface area contributed by atoms with Crippen LogP contribution in [0.5, 0.6) is 0 Å². The molecule has 0 aliphatic carbocycles. The van der Waals surface area contributed by atoms with Crippen LogP contribution in [0.2, 0.25) is 0 Å². The van der Waals surface area contributed by atoms with Crippen LogP contribution < -0.4 is 11.4 Å². The number of aliphatic hydroxyl groups excluding tert-OH is 1. The number of ether oxygens (including phenoxy) is 1. The van der Waals surface area contributed by atoms with E-state index in [1.807, 2.05) is 0 Å². The minimum Gasteiger partial charge on any atom is -0.386 e. The van der Waals surface area contributed by atoms with Crippen molar-refractivity contribution < 1.29 is 23.5 Å². The Morgan fingerprint density at radius 1 is 1.60 bits per heavy atom. The lowest BCUT2D eigenvalue weighted by atomic mass is 10.1. The van der Waals surface area contributed by atoms with Crippen LogP contribution in [0.4, 0.5) is 5.82 Å². The maximum Gasteiger partial charge on any atom is 0.351 e. The Morgan fingerprint density at radius 2 is 2.35 bits per heavy atom. The molecule has 3 heterocycles. The molecule has 0 aromatic carbocycles. The highest BCUT2D eigenvalue weighted by Crippen LogP contribution is 2.52. The SMILES string of the molecule is CP1(=O)OC[C@H]2O[C@@H](n3ccc(N)nc3=O)[C@H](O)[C@@H]2O1. The number of hydrogen-bond acceptors (Lipinski definition) is 8. The van der Waals surface area contributed by atoms with Crippen LogP contribution in [0.3, 0.4) is 0 Å². The number of aliphatic hydroxyl groups is 1. The van der Waals surface area contributed by atoms with E-state index in [1.54, 1.807) is 0 Å². The van der Waals surface area contributed by atoms with Crippen molar-refractivity contribution >= 4 is 13.4 Å². The summed E-state index contributed by atoms with van der Waals surface area (Å²) >= 11 is 0. The standard InChI is InChI=1S/C10H14N3O6P/c1-20(16)17-4-5-8(19-20)7(14)9(18-5)13-3-2-6(11)12-10(13)15/h2-3,5,7-9,14H,4H2,1H3,(H2,11,12,15)/t5-,7-,8-,9-,20?/m1/s1. The van der Waals surface area contributed by atoms with Crippen molar-refractivity contribution in [1.29, 1.82) is 0 Å². The van der Waals surface area contributed by atoms with E-state index in [-0.39, 0.29) is 12.4 Å². The zero-order valence-electron chi connectivity index (χ0n) is 10.6. The normalized spacial score (nSPS) is 40.5. The fourth-order valence-electron chi connectivity index (χ4n) is 2.29. The smallest absolute Gasteiger partial charge is 0.351 e. The predicted molar refractivity (Wildman–Crippen MR) is 67.2 cm³/mol. The van der Waals surface area contributed by atoms with E-state index in [1.165, 1.54) is 18.9 Å². The summed E-state index contributed by atoms with van der Waals surface area (Å²) in [5, 5.41) is 10.2. The first-order valence-corrected chi connectivity index (χ1v) is 7.95. The summed E-state index contributed by atoms with van der Waals surface area (Å²) in [5.41, 5.74) is 4.76. The van der Waals surface area contributed by atoms with Crippen LogP contribution in [0.25, 0.3) is 0 Å². The molecular weight excluding hydrogens is 289 g/mol. The van der Waals surface area contributed by atoms with Crippen molar-refractivity contribution in [2.45, 2.75) is 24.5 Å². The summed E-state index contributed by atoms with van der Waals surface area (Å²) in [4.78, 5) is 15.3. The molecular formula is C10H14N3O6P. The van der Waals surface area contributed by atoms with Crippen LogP contribution in [-0.2, 0) is 18.3 Å². The molecule has 1 aromatic rings. The molecule has 5 atom stereocenters. The maximum absolute atomic E-state index is 11.8. The van der Waals surface area contributed by atoms with Gasteiger partial charge in [-0.05, 0) is 6.07 Å². The van der Waals surface area contributed by atoms with E-state index >= 15 is 0 Å². The Hall–Kier alpha value is -1.25. The largest absolute Gasteiger partial charge is 0.386 e. The lowest BCUT2D eigenvalue weighted by Crippen LogP contribution is -2.39. The van der Waals surface area contributed by atoms with Gasteiger partial charge in [0.15, 0.2) is 6.23 Å². The molecule has 2 aliphatic rings. The molecule has 0 saturated carbocycles. The molecule has 0 radical (unpaired) electrons.